The molecule has 0 radical (unpaired) electrons. The van der Waals surface area contributed by atoms with Crippen LogP contribution in [0.2, 0.25) is 0 Å². The third-order valence-electron chi connectivity index (χ3n) is 9.71. The van der Waals surface area contributed by atoms with Gasteiger partial charge in [-0.15, -0.1) is 0 Å². The monoisotopic (exact) mass is 599 g/mol. The van der Waals surface area contributed by atoms with Crippen LogP contribution in [0.15, 0.2) is 164 Å². The van der Waals surface area contributed by atoms with Crippen LogP contribution in [-0.2, 0) is 0 Å². The van der Waals surface area contributed by atoms with E-state index in [4.69, 9.17) is 0 Å². The second kappa shape index (κ2) is 10.9. The first kappa shape index (κ1) is 27.4. The Morgan fingerprint density at radius 2 is 0.936 bits per heavy atom. The zero-order chi connectivity index (χ0) is 31.5. The molecule has 0 bridgehead atoms. The first-order valence-corrected chi connectivity index (χ1v) is 16.4. The van der Waals surface area contributed by atoms with Crippen LogP contribution in [-0.4, -0.2) is 0 Å². The van der Waals surface area contributed by atoms with E-state index in [1.807, 2.05) is 0 Å². The Kier molecular flexibility index (Phi) is 6.33. The van der Waals surface area contributed by atoms with Gasteiger partial charge in [-0.25, -0.2) is 0 Å². The van der Waals surface area contributed by atoms with Gasteiger partial charge in [0.1, 0.15) is 0 Å². The van der Waals surface area contributed by atoms with Crippen molar-refractivity contribution in [3.8, 4) is 44.5 Å². The fourth-order valence-electron chi connectivity index (χ4n) is 7.57. The molecule has 1 nitrogen and oxygen atoms in total. The molecule has 8 aromatic rings. The van der Waals surface area contributed by atoms with Crippen LogP contribution in [0.3, 0.4) is 0 Å². The average Bonchev–Trinajstić information content (AvgIpc) is 3.11. The molecule has 1 heteroatoms. The summed E-state index contributed by atoms with van der Waals surface area (Å²) in [7, 11) is 0. The van der Waals surface area contributed by atoms with Gasteiger partial charge in [-0.05, 0) is 133 Å². The number of nitrogens with zero attached hydrogens (tertiary/aromatic N) is 1. The van der Waals surface area contributed by atoms with Gasteiger partial charge in [-0.2, -0.15) is 0 Å². The topological polar surface area (TPSA) is 3.24 Å². The third-order valence-corrected chi connectivity index (χ3v) is 9.71. The lowest BCUT2D eigenvalue weighted by molar-refractivity contribution is 1.25. The molecule has 0 saturated carbocycles. The molecule has 0 saturated heterocycles. The van der Waals surface area contributed by atoms with Gasteiger partial charge in [0.05, 0.1) is 0 Å². The predicted octanol–water partition coefficient (Wildman–Crippen LogP) is 13.1. The molecule has 47 heavy (non-hydrogen) atoms. The summed E-state index contributed by atoms with van der Waals surface area (Å²) in [4.78, 5) is 2.39. The quantitative estimate of drug-likeness (QED) is 0.190. The largest absolute Gasteiger partial charge is 0.310 e. The Bertz CT molecular complexity index is 2470. The van der Waals surface area contributed by atoms with Crippen molar-refractivity contribution < 1.29 is 0 Å². The van der Waals surface area contributed by atoms with Gasteiger partial charge in [-0.1, -0.05) is 121 Å². The SMILES string of the molecule is Cc1cccc(N(c2ccc3cc4c(cc3c2)-c2c-4c(-c3ccccc3)c3ccccc3c2-c2ccccc2)c2ccccc2C)c1. The number of hydrogen-bond donors (Lipinski definition) is 0. The van der Waals surface area contributed by atoms with Gasteiger partial charge >= 0.3 is 0 Å². The smallest absolute Gasteiger partial charge is 0.0490 e. The molecule has 0 heterocycles. The van der Waals surface area contributed by atoms with E-state index < -0.39 is 0 Å². The maximum Gasteiger partial charge on any atom is 0.0490 e. The Balaban J connectivity index is 1.30. The van der Waals surface area contributed by atoms with Crippen LogP contribution < -0.4 is 4.90 Å². The van der Waals surface area contributed by atoms with E-state index in [0.29, 0.717) is 0 Å². The van der Waals surface area contributed by atoms with E-state index in [-0.39, 0.29) is 0 Å². The van der Waals surface area contributed by atoms with Crippen LogP contribution in [0.5, 0.6) is 0 Å². The van der Waals surface area contributed by atoms with Crippen molar-refractivity contribution in [2.24, 2.45) is 0 Å². The lowest BCUT2D eigenvalue weighted by Crippen LogP contribution is -2.11. The number of para-hydroxylation sites is 1. The highest BCUT2D eigenvalue weighted by Crippen LogP contribution is 2.59. The van der Waals surface area contributed by atoms with Crippen LogP contribution in [0.25, 0.3) is 66.1 Å². The van der Waals surface area contributed by atoms with Crippen molar-refractivity contribution in [2.45, 2.75) is 13.8 Å². The standard InChI is InChI=1S/C46H33N/c1-30-14-13-20-36(26-30)47(42-23-12-9-15-31(42)2)37-25-24-34-28-40-41(29-35(34)27-37)46-44(33-18-7-4-8-19-33)39-22-11-10-21-38(39)43(45(40)46)32-16-5-3-6-17-32/h3-29H,1-2H3. The van der Waals surface area contributed by atoms with E-state index in [1.54, 1.807) is 0 Å². The second-order valence-corrected chi connectivity index (χ2v) is 12.7. The normalized spacial score (nSPS) is 11.6. The zero-order valence-corrected chi connectivity index (χ0v) is 26.5. The first-order valence-electron chi connectivity index (χ1n) is 16.4. The van der Waals surface area contributed by atoms with Crippen molar-refractivity contribution in [3.05, 3.63) is 175 Å². The summed E-state index contributed by atoms with van der Waals surface area (Å²) in [6, 6.07) is 60.0. The Morgan fingerprint density at radius 3 is 1.55 bits per heavy atom. The summed E-state index contributed by atoms with van der Waals surface area (Å²) >= 11 is 0. The molecular weight excluding hydrogens is 567 g/mol. The molecule has 0 spiro atoms. The highest BCUT2D eigenvalue weighted by Gasteiger charge is 2.32. The van der Waals surface area contributed by atoms with Crippen molar-refractivity contribution in [3.63, 3.8) is 0 Å². The minimum Gasteiger partial charge on any atom is -0.310 e. The molecule has 0 amide bonds. The molecule has 8 aromatic carbocycles. The minimum absolute atomic E-state index is 1.16. The molecule has 222 valence electrons. The lowest BCUT2D eigenvalue weighted by atomic mass is 9.70. The molecule has 0 fully saturated rings. The van der Waals surface area contributed by atoms with Crippen molar-refractivity contribution in [1.82, 2.24) is 0 Å². The van der Waals surface area contributed by atoms with E-state index in [9.17, 15) is 0 Å². The summed E-state index contributed by atoms with van der Waals surface area (Å²) in [5.74, 6) is 0. The molecule has 0 N–H and O–H groups in total. The number of fused-ring (bicyclic) bond motifs is 6. The zero-order valence-electron chi connectivity index (χ0n) is 26.5. The first-order chi connectivity index (χ1) is 23.2. The third kappa shape index (κ3) is 4.39. The number of anilines is 3. The number of benzene rings is 8. The summed E-state index contributed by atoms with van der Waals surface area (Å²) in [6.07, 6.45) is 0. The number of rotatable bonds is 5. The number of aryl methyl sites for hydroxylation is 2. The number of hydrogen-bond acceptors (Lipinski definition) is 1. The highest BCUT2D eigenvalue weighted by molar-refractivity contribution is 6.26. The molecule has 0 aromatic heterocycles. The lowest BCUT2D eigenvalue weighted by Gasteiger charge is -2.33. The van der Waals surface area contributed by atoms with Crippen molar-refractivity contribution in [2.75, 3.05) is 4.90 Å². The Morgan fingerprint density at radius 1 is 0.383 bits per heavy atom. The van der Waals surface area contributed by atoms with Crippen LogP contribution in [0.4, 0.5) is 17.1 Å². The second-order valence-electron chi connectivity index (χ2n) is 12.7. The molecular formula is C46H33N. The van der Waals surface area contributed by atoms with Gasteiger partial charge in [0.2, 0.25) is 0 Å². The van der Waals surface area contributed by atoms with E-state index in [0.717, 1.165) is 5.69 Å². The van der Waals surface area contributed by atoms with Crippen molar-refractivity contribution >= 4 is 38.6 Å². The highest BCUT2D eigenvalue weighted by atomic mass is 15.1. The molecule has 1 aliphatic rings. The Hall–Kier alpha value is -5.92. The Labute approximate surface area is 276 Å². The van der Waals surface area contributed by atoms with Gasteiger partial charge in [0.15, 0.2) is 0 Å². The van der Waals surface area contributed by atoms with Crippen molar-refractivity contribution in [1.29, 1.82) is 0 Å². The van der Waals surface area contributed by atoms with E-state index >= 15 is 0 Å². The predicted molar refractivity (Wildman–Crippen MR) is 201 cm³/mol. The molecule has 0 aliphatic heterocycles. The van der Waals surface area contributed by atoms with Crippen LogP contribution in [0.1, 0.15) is 11.1 Å². The fraction of sp³-hybridized carbons (Fsp3) is 0.0435. The minimum atomic E-state index is 1.16. The summed E-state index contributed by atoms with van der Waals surface area (Å²) in [5, 5.41) is 5.08. The van der Waals surface area contributed by atoms with Gasteiger partial charge in [-0.3, -0.25) is 0 Å². The van der Waals surface area contributed by atoms with E-state index in [2.05, 4.69) is 183 Å². The van der Waals surface area contributed by atoms with Gasteiger partial charge in [0, 0.05) is 17.1 Å². The molecule has 0 atom stereocenters. The molecule has 9 rings (SSSR count). The van der Waals surface area contributed by atoms with Gasteiger partial charge in [0.25, 0.3) is 0 Å². The molecule has 1 aliphatic carbocycles. The summed E-state index contributed by atoms with van der Waals surface area (Å²) < 4.78 is 0. The fourth-order valence-corrected chi connectivity index (χ4v) is 7.57. The van der Waals surface area contributed by atoms with Gasteiger partial charge < -0.3 is 4.90 Å². The van der Waals surface area contributed by atoms with Crippen LogP contribution in [0, 0.1) is 13.8 Å². The molecule has 0 unspecified atom stereocenters. The average molecular weight is 600 g/mol. The van der Waals surface area contributed by atoms with Crippen LogP contribution >= 0.6 is 0 Å². The maximum atomic E-state index is 2.43. The van der Waals surface area contributed by atoms with E-state index in [1.165, 1.54) is 88.6 Å². The summed E-state index contributed by atoms with van der Waals surface area (Å²) in [6.45, 7) is 4.35. The summed E-state index contributed by atoms with van der Waals surface area (Å²) in [5.41, 5.74) is 16.5. The maximum absolute atomic E-state index is 2.43.